The first-order valence-corrected chi connectivity index (χ1v) is 7.02. The smallest absolute Gasteiger partial charge is 0.308 e. The molecule has 0 radical (unpaired) electrons. The number of carbonyl (C=O) groups excluding carboxylic acids is 1. The minimum Gasteiger partial charge on any atom is -0.308 e. The first kappa shape index (κ1) is 15.8. The number of nitrogens with one attached hydrogen (secondary N) is 2. The predicted octanol–water partition coefficient (Wildman–Crippen LogP) is 4.90. The van der Waals surface area contributed by atoms with Crippen LogP contribution in [0.15, 0.2) is 60.8 Å². The van der Waals surface area contributed by atoms with Crippen molar-refractivity contribution in [2.75, 3.05) is 10.6 Å². The molecule has 0 unspecified atom stereocenters. The van der Waals surface area contributed by atoms with Gasteiger partial charge in [-0.1, -0.05) is 30.3 Å². The highest BCUT2D eigenvalue weighted by Gasteiger charge is 2.30. The Labute approximate surface area is 135 Å². The number of hydrogen-bond donors (Lipinski definition) is 2. The summed E-state index contributed by atoms with van der Waals surface area (Å²) in [7, 11) is 0. The molecular formula is C17H12F3N3O. The third kappa shape index (κ3) is 3.45. The second-order valence-electron chi connectivity index (χ2n) is 5.04. The molecule has 122 valence electrons. The normalized spacial score (nSPS) is 11.3. The maximum atomic E-state index is 12.7. The Kier molecular flexibility index (Phi) is 4.07. The molecule has 0 saturated carbocycles. The van der Waals surface area contributed by atoms with Crippen LogP contribution in [0.3, 0.4) is 0 Å². The van der Waals surface area contributed by atoms with Crippen LogP contribution in [0.25, 0.3) is 10.8 Å². The van der Waals surface area contributed by atoms with E-state index in [4.69, 9.17) is 0 Å². The monoisotopic (exact) mass is 331 g/mol. The molecule has 2 aromatic carbocycles. The van der Waals surface area contributed by atoms with Gasteiger partial charge in [0.05, 0.1) is 5.56 Å². The minimum atomic E-state index is -4.47. The molecule has 3 aromatic rings. The molecule has 0 bridgehead atoms. The highest BCUT2D eigenvalue weighted by atomic mass is 19.4. The molecule has 2 amide bonds. The Hall–Kier alpha value is -3.09. The van der Waals surface area contributed by atoms with Gasteiger partial charge in [-0.3, -0.25) is 5.32 Å². The zero-order chi connectivity index (χ0) is 17.2. The molecule has 0 aliphatic carbocycles. The van der Waals surface area contributed by atoms with Crippen molar-refractivity contribution < 1.29 is 18.0 Å². The summed E-state index contributed by atoms with van der Waals surface area (Å²) in [5.41, 5.74) is -0.786. The van der Waals surface area contributed by atoms with Crippen molar-refractivity contribution in [2.45, 2.75) is 6.18 Å². The van der Waals surface area contributed by atoms with E-state index in [9.17, 15) is 18.0 Å². The summed E-state index contributed by atoms with van der Waals surface area (Å²) in [6, 6.07) is 12.9. The Bertz CT molecular complexity index is 888. The number of urea groups is 1. The van der Waals surface area contributed by atoms with Gasteiger partial charge in [-0.15, -0.1) is 0 Å². The molecule has 0 spiro atoms. The van der Waals surface area contributed by atoms with E-state index >= 15 is 0 Å². The second kappa shape index (κ2) is 6.19. The van der Waals surface area contributed by atoms with Gasteiger partial charge in [0, 0.05) is 17.3 Å². The molecule has 0 saturated heterocycles. The highest BCUT2D eigenvalue weighted by molar-refractivity contribution is 6.04. The summed E-state index contributed by atoms with van der Waals surface area (Å²) in [5, 5.41) is 6.55. The fourth-order valence-corrected chi connectivity index (χ4v) is 2.26. The maximum Gasteiger partial charge on any atom is 0.416 e. The minimum absolute atomic E-state index is 0.0440. The van der Waals surface area contributed by atoms with Crippen LogP contribution in [0.2, 0.25) is 0 Å². The van der Waals surface area contributed by atoms with Crippen molar-refractivity contribution in [3.63, 3.8) is 0 Å². The van der Waals surface area contributed by atoms with Gasteiger partial charge in [0.1, 0.15) is 5.82 Å². The van der Waals surface area contributed by atoms with Gasteiger partial charge in [-0.25, -0.2) is 9.78 Å². The number of fused-ring (bicyclic) bond motifs is 1. The number of benzene rings is 2. The van der Waals surface area contributed by atoms with Crippen molar-refractivity contribution in [3.8, 4) is 0 Å². The van der Waals surface area contributed by atoms with Crippen LogP contribution >= 0.6 is 0 Å². The van der Waals surface area contributed by atoms with Gasteiger partial charge in [-0.05, 0) is 29.7 Å². The summed E-state index contributed by atoms with van der Waals surface area (Å²) in [5.74, 6) is 0.331. The van der Waals surface area contributed by atoms with Gasteiger partial charge < -0.3 is 5.32 Å². The second-order valence-corrected chi connectivity index (χ2v) is 5.04. The topological polar surface area (TPSA) is 54.0 Å². The van der Waals surface area contributed by atoms with E-state index in [0.717, 1.165) is 22.9 Å². The number of amides is 2. The average Bonchev–Trinajstić information content (AvgIpc) is 2.54. The van der Waals surface area contributed by atoms with Gasteiger partial charge in [0.2, 0.25) is 0 Å². The highest BCUT2D eigenvalue weighted by Crippen LogP contribution is 2.30. The van der Waals surface area contributed by atoms with Crippen LogP contribution < -0.4 is 10.6 Å². The van der Waals surface area contributed by atoms with Crippen LogP contribution in [0.5, 0.6) is 0 Å². The van der Waals surface area contributed by atoms with Gasteiger partial charge in [0.25, 0.3) is 0 Å². The van der Waals surface area contributed by atoms with Crippen molar-refractivity contribution in [3.05, 3.63) is 66.4 Å². The fraction of sp³-hybridized carbons (Fsp3) is 0.0588. The SMILES string of the molecule is O=C(Nc1cccc(C(F)(F)F)c1)Nc1nccc2ccccc12. The van der Waals surface area contributed by atoms with Gasteiger partial charge in [-0.2, -0.15) is 13.2 Å². The maximum absolute atomic E-state index is 12.7. The van der Waals surface area contributed by atoms with Crippen molar-refractivity contribution >= 4 is 28.3 Å². The number of aromatic nitrogens is 1. The number of pyridine rings is 1. The van der Waals surface area contributed by atoms with Crippen molar-refractivity contribution in [2.24, 2.45) is 0 Å². The number of alkyl halides is 3. The van der Waals surface area contributed by atoms with E-state index < -0.39 is 17.8 Å². The number of nitrogens with zero attached hydrogens (tertiary/aromatic N) is 1. The molecular weight excluding hydrogens is 319 g/mol. The summed E-state index contributed by atoms with van der Waals surface area (Å²) < 4.78 is 38.1. The number of hydrogen-bond acceptors (Lipinski definition) is 2. The summed E-state index contributed by atoms with van der Waals surface area (Å²) in [6.45, 7) is 0. The summed E-state index contributed by atoms with van der Waals surface area (Å²) in [4.78, 5) is 16.1. The molecule has 1 heterocycles. The lowest BCUT2D eigenvalue weighted by Gasteiger charge is -2.11. The molecule has 3 rings (SSSR count). The van der Waals surface area contributed by atoms with E-state index in [1.165, 1.54) is 12.1 Å². The number of anilines is 2. The Morgan fingerprint density at radius 1 is 0.958 bits per heavy atom. The largest absolute Gasteiger partial charge is 0.416 e. The lowest BCUT2D eigenvalue weighted by molar-refractivity contribution is -0.137. The standard InChI is InChI=1S/C17H12F3N3O/c18-17(19,20)12-5-3-6-13(10-12)22-16(24)23-15-14-7-2-1-4-11(14)8-9-21-15/h1-10H,(H2,21,22,23,24). The Balaban J connectivity index is 1.78. The molecule has 7 heteroatoms. The van der Waals surface area contributed by atoms with E-state index in [-0.39, 0.29) is 5.69 Å². The summed E-state index contributed by atoms with van der Waals surface area (Å²) >= 11 is 0. The average molecular weight is 331 g/mol. The zero-order valence-corrected chi connectivity index (χ0v) is 12.3. The van der Waals surface area contributed by atoms with Crippen LogP contribution in [0.1, 0.15) is 5.56 Å². The third-order valence-electron chi connectivity index (χ3n) is 3.35. The number of halogens is 3. The first-order valence-electron chi connectivity index (χ1n) is 7.02. The molecule has 4 nitrogen and oxygen atoms in total. The van der Waals surface area contributed by atoms with Crippen LogP contribution in [0, 0.1) is 0 Å². The molecule has 24 heavy (non-hydrogen) atoms. The van der Waals surface area contributed by atoms with Gasteiger partial charge in [0.15, 0.2) is 0 Å². The third-order valence-corrected chi connectivity index (χ3v) is 3.35. The van der Waals surface area contributed by atoms with Crippen LogP contribution in [-0.4, -0.2) is 11.0 Å². The van der Waals surface area contributed by atoms with E-state index in [2.05, 4.69) is 15.6 Å². The fourth-order valence-electron chi connectivity index (χ4n) is 2.26. The van der Waals surface area contributed by atoms with E-state index in [1.54, 1.807) is 24.4 Å². The molecule has 0 fully saturated rings. The van der Waals surface area contributed by atoms with Crippen molar-refractivity contribution in [1.82, 2.24) is 4.98 Å². The van der Waals surface area contributed by atoms with Crippen molar-refractivity contribution in [1.29, 1.82) is 0 Å². The van der Waals surface area contributed by atoms with Gasteiger partial charge >= 0.3 is 12.2 Å². The lowest BCUT2D eigenvalue weighted by Crippen LogP contribution is -2.20. The molecule has 0 aliphatic heterocycles. The Morgan fingerprint density at radius 2 is 1.75 bits per heavy atom. The first-order chi connectivity index (χ1) is 11.4. The molecule has 1 aromatic heterocycles. The molecule has 0 atom stereocenters. The predicted molar refractivity (Wildman–Crippen MR) is 85.8 cm³/mol. The molecule has 2 N–H and O–H groups in total. The van der Waals surface area contributed by atoms with Crippen LogP contribution in [0.4, 0.5) is 29.5 Å². The number of carbonyl (C=O) groups is 1. The quantitative estimate of drug-likeness (QED) is 0.702. The number of rotatable bonds is 2. The summed E-state index contributed by atoms with van der Waals surface area (Å²) in [6.07, 6.45) is -2.92. The lowest BCUT2D eigenvalue weighted by atomic mass is 10.1. The van der Waals surface area contributed by atoms with Crippen LogP contribution in [-0.2, 0) is 6.18 Å². The van der Waals surface area contributed by atoms with E-state index in [1.807, 2.05) is 12.1 Å². The molecule has 0 aliphatic rings. The zero-order valence-electron chi connectivity index (χ0n) is 12.3. The van der Waals surface area contributed by atoms with E-state index in [0.29, 0.717) is 5.82 Å². The Morgan fingerprint density at radius 3 is 2.54 bits per heavy atom.